The number of carbonyl (C=O) groups excluding carboxylic acids is 4. The van der Waals surface area contributed by atoms with Crippen LogP contribution in [-0.2, 0) is 35.4 Å². The molecule has 19 nitrogen and oxygen atoms in total. The number of anilines is 4. The molecule has 311 valence electrons. The quantitative estimate of drug-likeness (QED) is 0.0641. The predicted octanol–water partition coefficient (Wildman–Crippen LogP) is 3.71. The zero-order valence-corrected chi connectivity index (χ0v) is 35.5. The molecule has 4 aromatic rings. The van der Waals surface area contributed by atoms with E-state index in [-0.39, 0.29) is 41.2 Å². The van der Waals surface area contributed by atoms with Gasteiger partial charge in [-0.2, -0.15) is 0 Å². The summed E-state index contributed by atoms with van der Waals surface area (Å²) in [6.45, 7) is 8.42. The molecule has 21 heteroatoms. The van der Waals surface area contributed by atoms with Crippen LogP contribution in [0.3, 0.4) is 0 Å². The molecule has 0 spiro atoms. The SMILES string of the molecule is CC(=O)OOC(C)=O.Nc1ccccc1N1CCCCC1.O=Cc1ccc([N+](=O)[O-])o1.O=[N+]([O-])c1ccc(CNc2ccccc2N2CCCCC2)o1.[B-]OC(C)=O.[Na+]. The Morgan fingerprint density at radius 2 is 1.19 bits per heavy atom. The summed E-state index contributed by atoms with van der Waals surface area (Å²) in [6.07, 6.45) is 8.11. The number of nitrogens with zero attached hydrogens (tertiary/aromatic N) is 4. The van der Waals surface area contributed by atoms with Crippen LogP contribution in [0.1, 0.15) is 75.6 Å². The van der Waals surface area contributed by atoms with Crippen LogP contribution in [-0.4, -0.2) is 68.3 Å². The Kier molecular flexibility index (Phi) is 24.7. The molecule has 2 aliphatic rings. The minimum Gasteiger partial charge on any atom is -0.793 e. The second-order valence-corrected chi connectivity index (χ2v) is 12.3. The molecule has 59 heavy (non-hydrogen) atoms. The fraction of sp³-hybridized carbons (Fsp3) is 0.368. The van der Waals surface area contributed by atoms with E-state index in [1.807, 2.05) is 30.3 Å². The van der Waals surface area contributed by atoms with Crippen LogP contribution >= 0.6 is 0 Å². The number of furan rings is 2. The van der Waals surface area contributed by atoms with Crippen LogP contribution in [0.15, 0.2) is 81.6 Å². The van der Waals surface area contributed by atoms with Crippen LogP contribution in [0.4, 0.5) is 34.5 Å². The summed E-state index contributed by atoms with van der Waals surface area (Å²) in [7, 11) is 4.32. The van der Waals surface area contributed by atoms with Gasteiger partial charge in [-0.3, -0.25) is 29.8 Å². The largest absolute Gasteiger partial charge is 1.00 e. The maximum Gasteiger partial charge on any atom is 1.00 e. The number of piperidine rings is 2. The van der Waals surface area contributed by atoms with Gasteiger partial charge in [-0.05, 0) is 74.9 Å². The Hall–Kier alpha value is -5.86. The molecular formula is C38H47BN6NaO13. The van der Waals surface area contributed by atoms with Crippen molar-refractivity contribution in [3.8, 4) is 0 Å². The van der Waals surface area contributed by atoms with Crippen LogP contribution in [0, 0.1) is 20.2 Å². The van der Waals surface area contributed by atoms with E-state index in [9.17, 15) is 39.4 Å². The maximum atomic E-state index is 10.6. The summed E-state index contributed by atoms with van der Waals surface area (Å²) in [4.78, 5) is 70.8. The molecule has 2 aliphatic heterocycles. The van der Waals surface area contributed by atoms with E-state index in [1.54, 1.807) is 6.07 Å². The average molecular weight is 830 g/mol. The molecule has 0 atom stereocenters. The number of nitrogens with one attached hydrogen (secondary N) is 1. The van der Waals surface area contributed by atoms with Gasteiger partial charge < -0.3 is 42.4 Å². The van der Waals surface area contributed by atoms with Crippen molar-refractivity contribution in [1.29, 1.82) is 0 Å². The van der Waals surface area contributed by atoms with Crippen LogP contribution in [0.5, 0.6) is 0 Å². The monoisotopic (exact) mass is 829 g/mol. The first-order valence-electron chi connectivity index (χ1n) is 18.1. The molecule has 2 saturated heterocycles. The molecule has 3 N–H and O–H groups in total. The molecule has 0 aliphatic carbocycles. The Bertz CT molecular complexity index is 1900. The van der Waals surface area contributed by atoms with Gasteiger partial charge in [0.25, 0.3) is 0 Å². The molecule has 3 radical (unpaired) electrons. The first-order valence-corrected chi connectivity index (χ1v) is 18.1. The number of para-hydroxylation sites is 4. The smallest absolute Gasteiger partial charge is 0.793 e. The molecule has 0 unspecified atom stereocenters. The van der Waals surface area contributed by atoms with Crippen molar-refractivity contribution in [2.75, 3.05) is 47.0 Å². The standard InChI is InChI=1S/C16H19N3O3.C11H16N2.C5H3NO4.C4H6O4.C2H3BO2.Na/c20-19(21)16-9-8-13(22-16)12-17-14-6-2-3-7-15(14)18-10-4-1-5-11-18;12-10-6-2-3-7-11(10)13-8-4-1-5-9-13;7-3-4-1-2-5(10-4)6(8)9;1-3(5)7-8-4(2)6;1-2(4)5-3;/h2-3,6-9,17H,1,4-5,10-12H2;2-3,6-7H,1,4-5,8-9,12H2;1-3H;1-2H3;1H3;/q;;;;-1;+1. The summed E-state index contributed by atoms with van der Waals surface area (Å²) in [6, 6.07) is 21.7. The molecule has 4 heterocycles. The number of rotatable bonds is 8. The van der Waals surface area contributed by atoms with E-state index in [0.717, 1.165) is 57.5 Å². The Morgan fingerprint density at radius 3 is 1.61 bits per heavy atom. The summed E-state index contributed by atoms with van der Waals surface area (Å²) in [5.41, 5.74) is 10.2. The van der Waals surface area contributed by atoms with Gasteiger partial charge in [-0.15, -0.1) is 0 Å². The third-order valence-electron chi connectivity index (χ3n) is 7.87. The number of nitro groups is 2. The van der Waals surface area contributed by atoms with Crippen molar-refractivity contribution < 1.29 is 81.8 Å². The van der Waals surface area contributed by atoms with E-state index < -0.39 is 33.6 Å². The molecule has 0 bridgehead atoms. The van der Waals surface area contributed by atoms with E-state index in [4.69, 9.17) is 10.2 Å². The van der Waals surface area contributed by atoms with Crippen molar-refractivity contribution in [3.63, 3.8) is 0 Å². The zero-order valence-electron chi connectivity index (χ0n) is 33.5. The zero-order chi connectivity index (χ0) is 42.9. The van der Waals surface area contributed by atoms with Crippen molar-refractivity contribution in [2.24, 2.45) is 0 Å². The minimum atomic E-state index is -0.701. The van der Waals surface area contributed by atoms with Gasteiger partial charge in [-0.25, -0.2) is 19.4 Å². The predicted molar refractivity (Wildman–Crippen MR) is 214 cm³/mol. The maximum absolute atomic E-state index is 10.6. The molecule has 0 saturated carbocycles. The fourth-order valence-electron chi connectivity index (χ4n) is 5.31. The van der Waals surface area contributed by atoms with Crippen LogP contribution in [0.2, 0.25) is 0 Å². The number of nitrogens with two attached hydrogens (primary N) is 1. The van der Waals surface area contributed by atoms with Crippen molar-refractivity contribution >= 4 is 66.8 Å². The van der Waals surface area contributed by atoms with E-state index in [0.29, 0.717) is 18.6 Å². The topological polar surface area (TPSA) is 253 Å². The second kappa shape index (κ2) is 28.5. The van der Waals surface area contributed by atoms with Gasteiger partial charge in [0.2, 0.25) is 5.97 Å². The van der Waals surface area contributed by atoms with Gasteiger partial charge in [0.05, 0.1) is 41.4 Å². The Labute approximate surface area is 364 Å². The van der Waals surface area contributed by atoms with Crippen molar-refractivity contribution in [3.05, 3.63) is 105 Å². The minimum absolute atomic E-state index is 0. The van der Waals surface area contributed by atoms with Gasteiger partial charge in [0.1, 0.15) is 15.6 Å². The fourth-order valence-corrected chi connectivity index (χ4v) is 5.31. The normalized spacial score (nSPS) is 12.5. The van der Waals surface area contributed by atoms with Crippen LogP contribution in [0.25, 0.3) is 0 Å². The molecule has 6 rings (SSSR count). The Morgan fingerprint density at radius 1 is 0.729 bits per heavy atom. The molecule has 2 aromatic carbocycles. The molecule has 0 amide bonds. The van der Waals surface area contributed by atoms with Gasteiger partial charge in [0.15, 0.2) is 12.0 Å². The number of carbonyl (C=O) groups is 4. The Balaban J connectivity index is 0.000000404. The van der Waals surface area contributed by atoms with Gasteiger partial charge in [0, 0.05) is 47.0 Å². The van der Waals surface area contributed by atoms with Crippen molar-refractivity contribution in [1.82, 2.24) is 0 Å². The summed E-state index contributed by atoms with van der Waals surface area (Å²) in [5, 5.41) is 23.9. The molecule has 2 aromatic heterocycles. The van der Waals surface area contributed by atoms with Gasteiger partial charge in [-0.1, -0.05) is 24.3 Å². The number of hydrogen-bond acceptors (Lipinski definition) is 17. The number of hydrogen-bond donors (Lipinski definition) is 2. The number of nitrogen functional groups attached to an aromatic ring is 1. The first kappa shape index (κ1) is 51.2. The second-order valence-electron chi connectivity index (χ2n) is 12.3. The third-order valence-corrected chi connectivity index (χ3v) is 7.87. The number of aldehydes is 1. The summed E-state index contributed by atoms with van der Waals surface area (Å²) < 4.78 is 13.2. The third kappa shape index (κ3) is 20.4. The van der Waals surface area contributed by atoms with Gasteiger partial charge >= 0.3 is 53.3 Å². The molecular weight excluding hydrogens is 782 g/mol. The average Bonchev–Trinajstić information content (AvgIpc) is 3.92. The summed E-state index contributed by atoms with van der Waals surface area (Å²) in [5.74, 6) is -1.86. The van der Waals surface area contributed by atoms with E-state index in [1.165, 1.54) is 69.0 Å². The first-order chi connectivity index (χ1) is 27.7. The van der Waals surface area contributed by atoms with E-state index in [2.05, 4.69) is 60.2 Å². The number of benzene rings is 2. The van der Waals surface area contributed by atoms with E-state index >= 15 is 0 Å². The summed E-state index contributed by atoms with van der Waals surface area (Å²) >= 11 is 0. The van der Waals surface area contributed by atoms with Crippen molar-refractivity contribution in [2.45, 2.75) is 65.8 Å². The van der Waals surface area contributed by atoms with Crippen LogP contribution < -0.4 is 50.4 Å². The molecule has 2 fully saturated rings.